The zero-order chi connectivity index (χ0) is 18.0. The van der Waals surface area contributed by atoms with Gasteiger partial charge in [-0.3, -0.25) is 9.59 Å². The zero-order valence-corrected chi connectivity index (χ0v) is 14.3. The third-order valence-corrected chi connectivity index (χ3v) is 4.59. The van der Waals surface area contributed by atoms with E-state index in [9.17, 15) is 14.0 Å². The Balaban J connectivity index is 1.62. The number of hydrogen-bond donors (Lipinski definition) is 1. The fraction of sp³-hybridized carbons (Fsp3) is 0.389. The van der Waals surface area contributed by atoms with Crippen LogP contribution in [-0.4, -0.2) is 39.9 Å². The van der Waals surface area contributed by atoms with Crippen LogP contribution < -0.4 is 5.32 Å². The minimum absolute atomic E-state index is 0.0162. The molecular weight excluding hydrogens is 323 g/mol. The van der Waals surface area contributed by atoms with Gasteiger partial charge < -0.3 is 14.8 Å². The van der Waals surface area contributed by atoms with Crippen molar-refractivity contribution in [2.24, 2.45) is 5.92 Å². The molecule has 0 bridgehead atoms. The lowest BCUT2D eigenvalue weighted by Crippen LogP contribution is -2.41. The van der Waals surface area contributed by atoms with Crippen molar-refractivity contribution in [2.45, 2.75) is 26.3 Å². The molecule has 0 saturated carbocycles. The van der Waals surface area contributed by atoms with E-state index in [2.05, 4.69) is 10.3 Å². The number of likely N-dealkylation sites (tertiary alicyclic amines) is 1. The van der Waals surface area contributed by atoms with E-state index >= 15 is 0 Å². The number of aromatic nitrogens is 2. The molecule has 1 fully saturated rings. The zero-order valence-electron chi connectivity index (χ0n) is 14.3. The summed E-state index contributed by atoms with van der Waals surface area (Å²) in [5, 5.41) is 2.80. The number of rotatable bonds is 4. The van der Waals surface area contributed by atoms with Crippen LogP contribution in [0.15, 0.2) is 30.6 Å². The average molecular weight is 344 g/mol. The molecule has 1 aliphatic heterocycles. The van der Waals surface area contributed by atoms with E-state index in [-0.39, 0.29) is 36.5 Å². The molecule has 6 nitrogen and oxygen atoms in total. The minimum Gasteiger partial charge on any atom is -0.352 e. The number of halogens is 1. The summed E-state index contributed by atoms with van der Waals surface area (Å²) in [7, 11) is 1.74. The van der Waals surface area contributed by atoms with Crippen LogP contribution in [0.25, 0.3) is 5.69 Å². The van der Waals surface area contributed by atoms with Gasteiger partial charge >= 0.3 is 0 Å². The fourth-order valence-corrected chi connectivity index (χ4v) is 2.99. The first-order chi connectivity index (χ1) is 12.0. The van der Waals surface area contributed by atoms with Gasteiger partial charge in [-0.1, -0.05) is 6.07 Å². The van der Waals surface area contributed by atoms with Crippen LogP contribution in [0.2, 0.25) is 0 Å². The molecule has 1 aromatic heterocycles. The summed E-state index contributed by atoms with van der Waals surface area (Å²) in [6.07, 6.45) is 4.20. The Morgan fingerprint density at radius 2 is 2.24 bits per heavy atom. The van der Waals surface area contributed by atoms with Gasteiger partial charge in [-0.25, -0.2) is 9.37 Å². The van der Waals surface area contributed by atoms with Crippen molar-refractivity contribution in [2.75, 3.05) is 13.6 Å². The molecule has 2 heterocycles. The first-order valence-corrected chi connectivity index (χ1v) is 8.26. The summed E-state index contributed by atoms with van der Waals surface area (Å²) in [5.74, 6) is -0.149. The Morgan fingerprint density at radius 3 is 2.88 bits per heavy atom. The van der Waals surface area contributed by atoms with Gasteiger partial charge in [0.25, 0.3) is 0 Å². The van der Waals surface area contributed by atoms with Gasteiger partial charge in [0.2, 0.25) is 11.8 Å². The molecule has 7 heteroatoms. The Bertz CT molecular complexity index is 802. The normalized spacial score (nSPS) is 17.6. The molecule has 0 aliphatic carbocycles. The third kappa shape index (κ3) is 3.70. The maximum atomic E-state index is 14.4. The fourth-order valence-electron chi connectivity index (χ4n) is 2.99. The van der Waals surface area contributed by atoms with E-state index in [0.29, 0.717) is 30.0 Å². The van der Waals surface area contributed by atoms with Crippen molar-refractivity contribution in [3.05, 3.63) is 47.8 Å². The largest absolute Gasteiger partial charge is 0.352 e. The van der Waals surface area contributed by atoms with E-state index < -0.39 is 0 Å². The molecule has 0 radical (unpaired) electrons. The van der Waals surface area contributed by atoms with Crippen molar-refractivity contribution in [1.82, 2.24) is 19.8 Å². The quantitative estimate of drug-likeness (QED) is 0.920. The molecule has 1 N–H and O–H groups in total. The highest BCUT2D eigenvalue weighted by Gasteiger charge is 2.28. The van der Waals surface area contributed by atoms with Gasteiger partial charge in [-0.15, -0.1) is 0 Å². The molecule has 25 heavy (non-hydrogen) atoms. The van der Waals surface area contributed by atoms with Gasteiger partial charge in [0.05, 0.1) is 5.69 Å². The van der Waals surface area contributed by atoms with E-state index in [1.165, 1.54) is 6.07 Å². The van der Waals surface area contributed by atoms with Crippen LogP contribution in [0, 0.1) is 18.7 Å². The number of carbonyl (C=O) groups is 2. The van der Waals surface area contributed by atoms with Crippen molar-refractivity contribution in [1.29, 1.82) is 0 Å². The highest BCUT2D eigenvalue weighted by atomic mass is 19.1. The van der Waals surface area contributed by atoms with Crippen LogP contribution in [0.4, 0.5) is 4.39 Å². The SMILES string of the molecule is Cc1nccn1-c1ccc(CNC(=O)C2CCN(C)C(=O)C2)cc1F. The van der Waals surface area contributed by atoms with Crippen LogP contribution in [-0.2, 0) is 16.1 Å². The van der Waals surface area contributed by atoms with Crippen LogP contribution in [0.1, 0.15) is 24.2 Å². The van der Waals surface area contributed by atoms with E-state index in [0.717, 1.165) is 0 Å². The monoisotopic (exact) mass is 344 g/mol. The lowest BCUT2D eigenvalue weighted by molar-refractivity contribution is -0.139. The molecule has 1 aromatic carbocycles. The summed E-state index contributed by atoms with van der Waals surface area (Å²) in [6.45, 7) is 2.63. The topological polar surface area (TPSA) is 67.2 Å². The van der Waals surface area contributed by atoms with Crippen LogP contribution in [0.3, 0.4) is 0 Å². The third-order valence-electron chi connectivity index (χ3n) is 4.59. The second kappa shape index (κ2) is 7.04. The predicted octanol–water partition coefficient (Wildman–Crippen LogP) is 1.80. The minimum atomic E-state index is -0.373. The summed E-state index contributed by atoms with van der Waals surface area (Å²) in [6, 6.07) is 4.86. The highest BCUT2D eigenvalue weighted by molar-refractivity contribution is 5.86. The molecule has 132 valence electrons. The van der Waals surface area contributed by atoms with Crippen molar-refractivity contribution in [3.8, 4) is 5.69 Å². The first kappa shape index (κ1) is 17.1. The number of carbonyl (C=O) groups excluding carboxylic acids is 2. The number of piperidine rings is 1. The average Bonchev–Trinajstić information content (AvgIpc) is 3.01. The summed E-state index contributed by atoms with van der Waals surface area (Å²) in [5.41, 5.74) is 1.10. The van der Waals surface area contributed by atoms with Crippen molar-refractivity contribution < 1.29 is 14.0 Å². The number of amides is 2. The smallest absolute Gasteiger partial charge is 0.223 e. The van der Waals surface area contributed by atoms with E-state index in [1.807, 2.05) is 0 Å². The standard InChI is InChI=1S/C18H21FN4O2/c1-12-20-6-8-23(12)16-4-3-13(9-15(16)19)11-21-18(25)14-5-7-22(2)17(24)10-14/h3-4,6,8-9,14H,5,7,10-11H2,1-2H3,(H,21,25). The van der Waals surface area contributed by atoms with Gasteiger partial charge in [0.1, 0.15) is 11.6 Å². The Hall–Kier alpha value is -2.70. The highest BCUT2D eigenvalue weighted by Crippen LogP contribution is 2.19. The lowest BCUT2D eigenvalue weighted by Gasteiger charge is -2.27. The number of nitrogens with one attached hydrogen (secondary N) is 1. The van der Waals surface area contributed by atoms with Gasteiger partial charge in [-0.2, -0.15) is 0 Å². The molecule has 2 aromatic rings. The molecule has 1 aliphatic rings. The second-order valence-electron chi connectivity index (χ2n) is 6.35. The number of aryl methyl sites for hydroxylation is 1. The number of nitrogens with zero attached hydrogens (tertiary/aromatic N) is 3. The molecule has 1 atom stereocenters. The van der Waals surface area contributed by atoms with Crippen molar-refractivity contribution in [3.63, 3.8) is 0 Å². The summed E-state index contributed by atoms with van der Waals surface area (Å²) >= 11 is 0. The second-order valence-corrected chi connectivity index (χ2v) is 6.35. The molecule has 1 unspecified atom stereocenters. The molecule has 0 spiro atoms. The Labute approximate surface area is 145 Å². The summed E-state index contributed by atoms with van der Waals surface area (Å²) in [4.78, 5) is 29.6. The van der Waals surface area contributed by atoms with E-state index in [1.54, 1.807) is 48.0 Å². The number of hydrogen-bond acceptors (Lipinski definition) is 3. The van der Waals surface area contributed by atoms with Crippen LogP contribution >= 0.6 is 0 Å². The Morgan fingerprint density at radius 1 is 1.44 bits per heavy atom. The lowest BCUT2D eigenvalue weighted by atomic mass is 9.95. The summed E-state index contributed by atoms with van der Waals surface area (Å²) < 4.78 is 16.0. The number of benzene rings is 1. The number of imidazole rings is 1. The first-order valence-electron chi connectivity index (χ1n) is 8.26. The van der Waals surface area contributed by atoms with Gasteiger partial charge in [-0.05, 0) is 31.0 Å². The Kier molecular flexibility index (Phi) is 4.83. The van der Waals surface area contributed by atoms with Gasteiger partial charge in [0, 0.05) is 44.9 Å². The van der Waals surface area contributed by atoms with Crippen LogP contribution in [0.5, 0.6) is 0 Å². The van der Waals surface area contributed by atoms with E-state index in [4.69, 9.17) is 0 Å². The molecule has 2 amide bonds. The maximum absolute atomic E-state index is 14.4. The molecule has 1 saturated heterocycles. The maximum Gasteiger partial charge on any atom is 0.223 e. The predicted molar refractivity (Wildman–Crippen MR) is 90.5 cm³/mol. The molecular formula is C18H21FN4O2. The van der Waals surface area contributed by atoms with Gasteiger partial charge in [0.15, 0.2) is 0 Å². The van der Waals surface area contributed by atoms with Crippen molar-refractivity contribution >= 4 is 11.8 Å². The molecule has 3 rings (SSSR count).